The van der Waals surface area contributed by atoms with Gasteiger partial charge in [-0.15, -0.1) is 0 Å². The van der Waals surface area contributed by atoms with Gasteiger partial charge in [0.25, 0.3) is 0 Å². The molecule has 4 aliphatic carbocycles. The van der Waals surface area contributed by atoms with Crippen molar-refractivity contribution >= 4 is 0 Å². The van der Waals surface area contributed by atoms with Crippen molar-refractivity contribution in [1.82, 2.24) is 15.0 Å². The van der Waals surface area contributed by atoms with Crippen molar-refractivity contribution in [2.45, 2.75) is 95.3 Å². The maximum atomic E-state index is 9.43. The fourth-order valence-electron chi connectivity index (χ4n) is 11.3. The standard InChI is InChI=1S/C57H54N4/c1-54(2,3)46-22-18-43(19-23-46)52-59-51(60-53(61-52)44-20-24-47(25-21-44)55(4,5)6)42-12-10-39(11-13-42)40-14-26-48(27-15-40)56-32-38-31-50(34-56)57(33-38,36-56)49-28-16-41(17-29-49)45-9-7-8-37(30-45)35-58/h7-30,38,50H,31-34,36H2,1-6H3. The van der Waals surface area contributed by atoms with Gasteiger partial charge in [-0.25, -0.2) is 15.0 Å². The molecule has 4 fully saturated rings. The first kappa shape index (κ1) is 39.0. The van der Waals surface area contributed by atoms with Crippen LogP contribution in [0.3, 0.4) is 0 Å². The summed E-state index contributed by atoms with van der Waals surface area (Å²) in [7, 11) is 0. The fourth-order valence-corrected chi connectivity index (χ4v) is 11.3. The summed E-state index contributed by atoms with van der Waals surface area (Å²) in [4.78, 5) is 15.2. The van der Waals surface area contributed by atoms with Crippen LogP contribution in [0.5, 0.6) is 0 Å². The third-order valence-corrected chi connectivity index (χ3v) is 14.4. The van der Waals surface area contributed by atoms with Gasteiger partial charge in [-0.05, 0) is 122 Å². The van der Waals surface area contributed by atoms with Gasteiger partial charge < -0.3 is 0 Å². The molecule has 0 saturated heterocycles. The lowest BCUT2D eigenvalue weighted by Gasteiger charge is -2.42. The Labute approximate surface area is 361 Å². The molecule has 11 rings (SSSR count). The molecule has 0 radical (unpaired) electrons. The van der Waals surface area contributed by atoms with Crippen LogP contribution >= 0.6 is 0 Å². The van der Waals surface area contributed by atoms with Gasteiger partial charge in [-0.3, -0.25) is 0 Å². The molecule has 1 heterocycles. The van der Waals surface area contributed by atoms with Crippen LogP contribution < -0.4 is 0 Å². The molecule has 4 aliphatic rings. The zero-order valence-electron chi connectivity index (χ0n) is 36.3. The van der Waals surface area contributed by atoms with E-state index in [1.807, 2.05) is 18.2 Å². The summed E-state index contributed by atoms with van der Waals surface area (Å²) < 4.78 is 0. The smallest absolute Gasteiger partial charge is 0.164 e. The Kier molecular flexibility index (Phi) is 9.26. The lowest BCUT2D eigenvalue weighted by atomic mass is 9.62. The summed E-state index contributed by atoms with van der Waals surface area (Å²) in [6, 6.07) is 55.1. The Hall–Kier alpha value is -6.18. The van der Waals surface area contributed by atoms with Crippen LogP contribution in [0.1, 0.15) is 101 Å². The normalized spacial score (nSPS) is 21.7. The molecular weight excluding hydrogens is 741 g/mol. The molecule has 302 valence electrons. The predicted octanol–water partition coefficient (Wildman–Crippen LogP) is 14.1. The van der Waals surface area contributed by atoms with E-state index in [9.17, 15) is 5.26 Å². The zero-order valence-corrected chi connectivity index (χ0v) is 36.3. The number of benzene rings is 6. The Bertz CT molecular complexity index is 2710. The second-order valence-corrected chi connectivity index (χ2v) is 20.4. The molecular formula is C57H54N4. The molecule has 1 aromatic heterocycles. The first-order chi connectivity index (χ1) is 29.3. The summed E-state index contributed by atoms with van der Waals surface area (Å²) in [5.74, 6) is 3.54. The minimum atomic E-state index is 0.0619. The Balaban J connectivity index is 0.911. The molecule has 4 atom stereocenters. The molecule has 0 N–H and O–H groups in total. The van der Waals surface area contributed by atoms with Gasteiger partial charge in [0, 0.05) is 16.7 Å². The van der Waals surface area contributed by atoms with E-state index in [4.69, 9.17) is 15.0 Å². The number of rotatable bonds is 7. The Morgan fingerprint density at radius 3 is 1.43 bits per heavy atom. The summed E-state index contributed by atoms with van der Waals surface area (Å²) in [6.07, 6.45) is 6.48. The molecule has 4 unspecified atom stereocenters. The average Bonchev–Trinajstić information content (AvgIpc) is 3.68. The minimum Gasteiger partial charge on any atom is -0.208 e. The predicted molar refractivity (Wildman–Crippen MR) is 249 cm³/mol. The van der Waals surface area contributed by atoms with E-state index in [2.05, 4.69) is 175 Å². The monoisotopic (exact) mass is 794 g/mol. The van der Waals surface area contributed by atoms with Crippen LogP contribution in [0, 0.1) is 23.2 Å². The largest absolute Gasteiger partial charge is 0.208 e. The van der Waals surface area contributed by atoms with Gasteiger partial charge in [0.05, 0.1) is 11.6 Å². The van der Waals surface area contributed by atoms with E-state index in [0.29, 0.717) is 23.0 Å². The van der Waals surface area contributed by atoms with Crippen LogP contribution in [0.4, 0.5) is 0 Å². The van der Waals surface area contributed by atoms with Crippen LogP contribution in [0.15, 0.2) is 146 Å². The van der Waals surface area contributed by atoms with Crippen LogP contribution in [0.2, 0.25) is 0 Å². The lowest BCUT2D eigenvalue weighted by molar-refractivity contribution is 0.220. The Morgan fingerprint density at radius 2 is 0.934 bits per heavy atom. The van der Waals surface area contributed by atoms with E-state index in [0.717, 1.165) is 34.1 Å². The molecule has 7 aromatic rings. The molecule has 61 heavy (non-hydrogen) atoms. The van der Waals surface area contributed by atoms with E-state index < -0.39 is 0 Å². The highest BCUT2D eigenvalue weighted by Crippen LogP contribution is 2.71. The van der Waals surface area contributed by atoms with Crippen molar-refractivity contribution in [3.05, 3.63) is 173 Å². The second-order valence-electron chi connectivity index (χ2n) is 20.4. The highest BCUT2D eigenvalue weighted by Gasteiger charge is 2.64. The summed E-state index contributed by atoms with van der Waals surface area (Å²) in [5.41, 5.74) is 14.5. The molecule has 0 spiro atoms. The van der Waals surface area contributed by atoms with Gasteiger partial charge >= 0.3 is 0 Å². The van der Waals surface area contributed by atoms with Gasteiger partial charge in [0.2, 0.25) is 0 Å². The van der Waals surface area contributed by atoms with Crippen LogP contribution in [-0.2, 0) is 21.7 Å². The number of nitriles is 1. The van der Waals surface area contributed by atoms with Crippen molar-refractivity contribution in [3.63, 3.8) is 0 Å². The van der Waals surface area contributed by atoms with Crippen molar-refractivity contribution in [2.24, 2.45) is 11.8 Å². The number of aromatic nitrogens is 3. The third-order valence-electron chi connectivity index (χ3n) is 14.4. The van der Waals surface area contributed by atoms with E-state index in [-0.39, 0.29) is 21.7 Å². The van der Waals surface area contributed by atoms with Gasteiger partial charge in [0.15, 0.2) is 17.5 Å². The summed E-state index contributed by atoms with van der Waals surface area (Å²) in [5, 5.41) is 9.43. The van der Waals surface area contributed by atoms with Gasteiger partial charge in [-0.1, -0.05) is 175 Å². The maximum Gasteiger partial charge on any atom is 0.164 e. The number of hydrogen-bond donors (Lipinski definition) is 0. The topological polar surface area (TPSA) is 62.5 Å². The van der Waals surface area contributed by atoms with Crippen LogP contribution in [0.25, 0.3) is 56.4 Å². The third kappa shape index (κ3) is 7.09. The first-order valence-electron chi connectivity index (χ1n) is 22.1. The van der Waals surface area contributed by atoms with Gasteiger partial charge in [-0.2, -0.15) is 5.26 Å². The van der Waals surface area contributed by atoms with Crippen molar-refractivity contribution in [1.29, 1.82) is 5.26 Å². The number of hydrogen-bond acceptors (Lipinski definition) is 4. The highest BCUT2D eigenvalue weighted by molar-refractivity contribution is 5.71. The van der Waals surface area contributed by atoms with Crippen molar-refractivity contribution in [2.75, 3.05) is 0 Å². The van der Waals surface area contributed by atoms with Gasteiger partial charge in [0.1, 0.15) is 0 Å². The molecule has 4 heteroatoms. The minimum absolute atomic E-state index is 0.0619. The molecule has 4 nitrogen and oxygen atoms in total. The van der Waals surface area contributed by atoms with E-state index >= 15 is 0 Å². The Morgan fingerprint density at radius 1 is 0.492 bits per heavy atom. The molecule has 4 bridgehead atoms. The van der Waals surface area contributed by atoms with E-state index in [1.54, 1.807) is 0 Å². The molecule has 0 amide bonds. The molecule has 6 aromatic carbocycles. The van der Waals surface area contributed by atoms with Crippen molar-refractivity contribution < 1.29 is 0 Å². The average molecular weight is 795 g/mol. The van der Waals surface area contributed by atoms with Crippen LogP contribution in [-0.4, -0.2) is 15.0 Å². The molecule has 4 saturated carbocycles. The van der Waals surface area contributed by atoms with Crippen molar-refractivity contribution in [3.8, 4) is 62.5 Å². The highest BCUT2D eigenvalue weighted by atomic mass is 15.0. The lowest BCUT2D eigenvalue weighted by Crippen LogP contribution is -2.35. The van der Waals surface area contributed by atoms with E-state index in [1.165, 1.54) is 71.0 Å². The SMILES string of the molecule is CC(C)(C)c1ccc(-c2nc(-c3ccc(-c4ccc(C56CC7CC(C5)C(c5ccc(-c8cccc(C#N)c8)cc5)(C7)C6)cc4)cc3)nc(-c3ccc(C(C)(C)C)cc3)n2)cc1. The maximum absolute atomic E-state index is 9.43. The molecule has 0 aliphatic heterocycles. The first-order valence-corrected chi connectivity index (χ1v) is 22.1. The zero-order chi connectivity index (χ0) is 42.1. The number of nitrogens with zero attached hydrogens (tertiary/aromatic N) is 4. The quantitative estimate of drug-likeness (QED) is 0.161. The second kappa shape index (κ2) is 14.5. The summed E-state index contributed by atoms with van der Waals surface area (Å²) in [6.45, 7) is 13.4. The summed E-state index contributed by atoms with van der Waals surface area (Å²) >= 11 is 0. The fraction of sp³-hybridized carbons (Fsp3) is 0.298.